The molecule has 0 aliphatic rings. The Balaban J connectivity index is 1.19. The molecule has 11 rings (SSSR count). The van der Waals surface area contributed by atoms with Crippen molar-refractivity contribution in [2.75, 3.05) is 4.90 Å². The molecule has 11 aromatic rings. The van der Waals surface area contributed by atoms with Gasteiger partial charge in [0.15, 0.2) is 0 Å². The van der Waals surface area contributed by atoms with Crippen LogP contribution in [0.5, 0.6) is 0 Å². The van der Waals surface area contributed by atoms with Crippen molar-refractivity contribution < 1.29 is 16.4 Å². The van der Waals surface area contributed by atoms with Crippen molar-refractivity contribution in [3.05, 3.63) is 248 Å². The van der Waals surface area contributed by atoms with E-state index in [-0.39, 0.29) is 16.7 Å². The van der Waals surface area contributed by atoms with Gasteiger partial charge in [0.2, 0.25) is 0 Å². The molecule has 0 unspecified atom stereocenters. The first-order valence-electron chi connectivity index (χ1n) is 26.0. The summed E-state index contributed by atoms with van der Waals surface area (Å²) in [5, 5.41) is 5.16. The maximum absolute atomic E-state index is 9.86. The zero-order valence-electron chi connectivity index (χ0n) is 44.7. The third kappa shape index (κ3) is 6.93. The minimum absolute atomic E-state index is 0.0541. The number of anilines is 3. The van der Waals surface area contributed by atoms with Gasteiger partial charge in [-0.25, -0.2) is 0 Å². The van der Waals surface area contributed by atoms with Gasteiger partial charge in [-0.1, -0.05) is 200 Å². The standard InChI is InChI=1S/C60H41N/c1-3-12-42(13-4-1)49-18-11-19-50(40-49)43-24-32-53(33-25-43)61(54-34-26-44(27-35-54)51-31-38-57-52(41-51)23-22-46-16-7-9-20-56(46)57)55-36-28-48(29-37-55)60-58-21-10-8-17-47(58)30-39-59(60)45-14-5-2-6-15-45/h1-41H/i24D,25D,26D,27D,28D,29D,32D,33D,34D,35D,36D,37D. The average molecular weight is 788 g/mol. The van der Waals surface area contributed by atoms with Crippen LogP contribution in [0.3, 0.4) is 0 Å². The van der Waals surface area contributed by atoms with Gasteiger partial charge in [-0.05, 0) is 136 Å². The molecule has 1 nitrogen and oxygen atoms in total. The van der Waals surface area contributed by atoms with E-state index in [1.807, 2.05) is 146 Å². The second-order valence-corrected chi connectivity index (χ2v) is 14.8. The second-order valence-electron chi connectivity index (χ2n) is 14.8. The molecule has 11 aromatic carbocycles. The molecule has 0 amide bonds. The number of benzene rings is 11. The highest BCUT2D eigenvalue weighted by Gasteiger charge is 2.17. The van der Waals surface area contributed by atoms with Crippen LogP contribution in [0.2, 0.25) is 0 Å². The molecule has 0 fully saturated rings. The Hall–Kier alpha value is -8.00. The Bertz CT molecular complexity index is 3980. The molecular formula is C60H41N. The van der Waals surface area contributed by atoms with Crippen molar-refractivity contribution in [2.24, 2.45) is 0 Å². The van der Waals surface area contributed by atoms with Crippen molar-refractivity contribution in [1.82, 2.24) is 0 Å². The summed E-state index contributed by atoms with van der Waals surface area (Å²) in [5.41, 5.74) is 2.23. The molecule has 0 bridgehead atoms. The molecule has 286 valence electrons. The first-order chi connectivity index (χ1) is 35.3. The van der Waals surface area contributed by atoms with E-state index in [9.17, 15) is 16.4 Å². The van der Waals surface area contributed by atoms with E-state index in [1.54, 1.807) is 30.3 Å². The average Bonchev–Trinajstić information content (AvgIpc) is 3.42. The summed E-state index contributed by atoms with van der Waals surface area (Å²) >= 11 is 0. The summed E-state index contributed by atoms with van der Waals surface area (Å²) in [6.07, 6.45) is 0. The van der Waals surface area contributed by atoms with Crippen LogP contribution in [0.15, 0.2) is 248 Å². The van der Waals surface area contributed by atoms with Gasteiger partial charge in [0, 0.05) is 17.1 Å². The quantitative estimate of drug-likeness (QED) is 0.139. The van der Waals surface area contributed by atoms with E-state index in [0.29, 0.717) is 27.6 Å². The van der Waals surface area contributed by atoms with Gasteiger partial charge < -0.3 is 4.90 Å². The first-order valence-corrected chi connectivity index (χ1v) is 20.0. The van der Waals surface area contributed by atoms with E-state index in [1.165, 1.54) is 0 Å². The lowest BCUT2D eigenvalue weighted by Gasteiger charge is -2.26. The molecule has 0 atom stereocenters. The predicted octanol–water partition coefficient (Wildman–Crippen LogP) is 17.0. The predicted molar refractivity (Wildman–Crippen MR) is 261 cm³/mol. The van der Waals surface area contributed by atoms with Gasteiger partial charge in [0.05, 0.1) is 16.4 Å². The summed E-state index contributed by atoms with van der Waals surface area (Å²) in [6, 6.07) is 47.1. The Morgan fingerprint density at radius 1 is 0.262 bits per heavy atom. The molecule has 0 spiro atoms. The second kappa shape index (κ2) is 15.6. The molecule has 0 aromatic heterocycles. The molecule has 0 heterocycles. The van der Waals surface area contributed by atoms with Crippen molar-refractivity contribution in [1.29, 1.82) is 0 Å². The molecule has 0 saturated heterocycles. The fraction of sp³-hybridized carbons (Fsp3) is 0. The fourth-order valence-corrected chi connectivity index (χ4v) is 8.05. The van der Waals surface area contributed by atoms with Crippen molar-refractivity contribution in [3.63, 3.8) is 0 Å². The van der Waals surface area contributed by atoms with Crippen LogP contribution in [0.4, 0.5) is 17.1 Å². The molecule has 1 heteroatoms. The summed E-state index contributed by atoms with van der Waals surface area (Å²) in [7, 11) is 0. The smallest absolute Gasteiger partial charge is 0.0645 e. The van der Waals surface area contributed by atoms with E-state index >= 15 is 0 Å². The highest BCUT2D eigenvalue weighted by Crippen LogP contribution is 2.42. The van der Waals surface area contributed by atoms with Crippen LogP contribution < -0.4 is 4.90 Å². The largest absolute Gasteiger partial charge is 0.311 e. The van der Waals surface area contributed by atoms with Crippen LogP contribution in [-0.2, 0) is 0 Å². The molecule has 61 heavy (non-hydrogen) atoms. The summed E-state index contributed by atoms with van der Waals surface area (Å²) < 4.78 is 116. The lowest BCUT2D eigenvalue weighted by Crippen LogP contribution is -2.09. The van der Waals surface area contributed by atoms with Crippen molar-refractivity contribution in [2.45, 2.75) is 0 Å². The topological polar surface area (TPSA) is 3.24 Å². The van der Waals surface area contributed by atoms with Gasteiger partial charge in [0.1, 0.15) is 0 Å². The minimum Gasteiger partial charge on any atom is -0.311 e. The SMILES string of the molecule is [2H]c1c([2H])c(N(c2c([2H])c([2H])c(-c3ccc4c(ccc5ccccc54)c3)c([2H])c2[2H])c2c([2H])c([2H])c(-c3c(-c4ccccc4)ccc4ccccc34)c([2H])c2[2H])c([2H])c([2H])c1-c1cccc(-c2ccccc2)c1. The van der Waals surface area contributed by atoms with Crippen LogP contribution in [0, 0.1) is 0 Å². The monoisotopic (exact) mass is 787 g/mol. The lowest BCUT2D eigenvalue weighted by molar-refractivity contribution is 1.28. The van der Waals surface area contributed by atoms with Crippen LogP contribution in [0.1, 0.15) is 16.4 Å². The molecule has 0 N–H and O–H groups in total. The minimum atomic E-state index is -0.679. The van der Waals surface area contributed by atoms with Gasteiger partial charge in [-0.15, -0.1) is 0 Å². The Morgan fingerprint density at radius 3 is 1.34 bits per heavy atom. The van der Waals surface area contributed by atoms with Crippen LogP contribution in [0.25, 0.3) is 88.0 Å². The number of nitrogens with zero attached hydrogens (tertiary/aromatic N) is 1. The highest BCUT2D eigenvalue weighted by atomic mass is 15.1. The summed E-state index contributed by atoms with van der Waals surface area (Å²) in [5.74, 6) is 0. The lowest BCUT2D eigenvalue weighted by atomic mass is 9.89. The first kappa shape index (κ1) is 25.5. The summed E-state index contributed by atoms with van der Waals surface area (Å²) in [6.45, 7) is 0. The number of hydrogen-bond donors (Lipinski definition) is 0. The van der Waals surface area contributed by atoms with Crippen molar-refractivity contribution in [3.8, 4) is 55.6 Å². The van der Waals surface area contributed by atoms with Gasteiger partial charge >= 0.3 is 0 Å². The van der Waals surface area contributed by atoms with E-state index in [4.69, 9.17) is 0 Å². The van der Waals surface area contributed by atoms with Gasteiger partial charge in [0.25, 0.3) is 0 Å². The molecule has 0 radical (unpaired) electrons. The summed E-state index contributed by atoms with van der Waals surface area (Å²) in [4.78, 5) is 0.869. The van der Waals surface area contributed by atoms with Crippen LogP contribution in [-0.4, -0.2) is 0 Å². The maximum atomic E-state index is 9.86. The molecular weight excluding hydrogens is 735 g/mol. The number of fused-ring (bicyclic) bond motifs is 4. The molecule has 0 saturated carbocycles. The zero-order chi connectivity index (χ0) is 51.0. The normalized spacial score (nSPS) is 14.0. The number of hydrogen-bond acceptors (Lipinski definition) is 1. The van der Waals surface area contributed by atoms with Crippen LogP contribution >= 0.6 is 0 Å². The van der Waals surface area contributed by atoms with Crippen molar-refractivity contribution >= 4 is 49.4 Å². The maximum Gasteiger partial charge on any atom is 0.0645 e. The Labute approximate surface area is 373 Å². The highest BCUT2D eigenvalue weighted by molar-refractivity contribution is 6.08. The van der Waals surface area contributed by atoms with E-state index in [2.05, 4.69) is 0 Å². The Morgan fingerprint density at radius 2 is 0.705 bits per heavy atom. The zero-order valence-corrected chi connectivity index (χ0v) is 32.7. The molecule has 0 aliphatic heterocycles. The third-order valence-corrected chi connectivity index (χ3v) is 11.1. The van der Waals surface area contributed by atoms with E-state index in [0.717, 1.165) is 48.5 Å². The Kier molecular flexibility index (Phi) is 6.53. The van der Waals surface area contributed by atoms with E-state index < -0.39 is 89.6 Å². The fourth-order valence-electron chi connectivity index (χ4n) is 8.05. The van der Waals surface area contributed by atoms with Gasteiger partial charge in [-0.2, -0.15) is 0 Å². The molecule has 0 aliphatic carbocycles. The third-order valence-electron chi connectivity index (χ3n) is 11.1. The van der Waals surface area contributed by atoms with Gasteiger partial charge in [-0.3, -0.25) is 0 Å². The number of rotatable bonds is 8.